The Kier molecular flexibility index (Phi) is 3.52. The number of carbonyl (C=O) groups is 1. The van der Waals surface area contributed by atoms with Crippen LogP contribution in [0.1, 0.15) is 31.7 Å². The molecular formula is C13H17N3O. The summed E-state index contributed by atoms with van der Waals surface area (Å²) in [6.45, 7) is 5.29. The van der Waals surface area contributed by atoms with Gasteiger partial charge in [-0.25, -0.2) is 4.99 Å². The molecule has 0 radical (unpaired) electrons. The van der Waals surface area contributed by atoms with Crippen molar-refractivity contribution in [3.63, 3.8) is 0 Å². The fourth-order valence-corrected chi connectivity index (χ4v) is 2.26. The van der Waals surface area contributed by atoms with Gasteiger partial charge in [-0.2, -0.15) is 0 Å². The van der Waals surface area contributed by atoms with Gasteiger partial charge in [0.1, 0.15) is 5.84 Å². The smallest absolute Gasteiger partial charge is 0.244 e. The van der Waals surface area contributed by atoms with Gasteiger partial charge in [0, 0.05) is 38.3 Å². The summed E-state index contributed by atoms with van der Waals surface area (Å²) < 4.78 is 0. The maximum Gasteiger partial charge on any atom is 0.244 e. The van der Waals surface area contributed by atoms with E-state index in [1.165, 1.54) is 12.5 Å². The number of nitrogens with zero attached hydrogens (tertiary/aromatic N) is 3. The summed E-state index contributed by atoms with van der Waals surface area (Å²) in [6.07, 6.45) is 4.76. The molecule has 0 aromatic carbocycles. The fourth-order valence-electron chi connectivity index (χ4n) is 2.26. The van der Waals surface area contributed by atoms with Crippen LogP contribution in [0.3, 0.4) is 0 Å². The minimum Gasteiger partial charge on any atom is -0.360 e. The number of aromatic nitrogens is 1. The molecule has 2 rings (SSSR count). The number of hydrogen-bond donors (Lipinski definition) is 0. The quantitative estimate of drug-likeness (QED) is 0.547. The second-order valence-corrected chi connectivity index (χ2v) is 4.39. The van der Waals surface area contributed by atoms with Crippen molar-refractivity contribution in [3.8, 4) is 0 Å². The third-order valence-electron chi connectivity index (χ3n) is 3.14. The first kappa shape index (κ1) is 11.8. The molecule has 1 aromatic heterocycles. The van der Waals surface area contributed by atoms with Crippen LogP contribution in [0.4, 0.5) is 0 Å². The van der Waals surface area contributed by atoms with Gasteiger partial charge in [0.05, 0.1) is 0 Å². The standard InChI is InChI=1S/C13H17N3O/c1-10(15-11(2)17)16-8-5-13(9-16)12-3-6-14-7-4-12/h3-4,6-7,13H,5,8-9H2,1-2H3. The van der Waals surface area contributed by atoms with Crippen LogP contribution in [0.5, 0.6) is 0 Å². The van der Waals surface area contributed by atoms with E-state index >= 15 is 0 Å². The molecule has 1 aromatic rings. The van der Waals surface area contributed by atoms with Crippen molar-refractivity contribution >= 4 is 11.7 Å². The van der Waals surface area contributed by atoms with E-state index in [9.17, 15) is 4.79 Å². The van der Waals surface area contributed by atoms with Crippen LogP contribution < -0.4 is 0 Å². The van der Waals surface area contributed by atoms with Gasteiger partial charge >= 0.3 is 0 Å². The zero-order valence-electron chi connectivity index (χ0n) is 10.3. The molecule has 90 valence electrons. The molecule has 0 saturated carbocycles. The molecule has 4 nitrogen and oxygen atoms in total. The highest BCUT2D eigenvalue weighted by molar-refractivity contribution is 5.92. The van der Waals surface area contributed by atoms with Crippen LogP contribution >= 0.6 is 0 Å². The second-order valence-electron chi connectivity index (χ2n) is 4.39. The van der Waals surface area contributed by atoms with E-state index in [1.54, 1.807) is 0 Å². The maximum atomic E-state index is 10.9. The van der Waals surface area contributed by atoms with Gasteiger partial charge in [-0.15, -0.1) is 0 Å². The number of amidine groups is 1. The molecule has 17 heavy (non-hydrogen) atoms. The van der Waals surface area contributed by atoms with Crippen LogP contribution in [-0.4, -0.2) is 34.7 Å². The lowest BCUT2D eigenvalue weighted by Gasteiger charge is -2.17. The zero-order valence-corrected chi connectivity index (χ0v) is 10.3. The van der Waals surface area contributed by atoms with E-state index in [1.807, 2.05) is 19.3 Å². The molecule has 0 spiro atoms. The molecule has 1 amide bonds. The Balaban J connectivity index is 2.03. The Hall–Kier alpha value is -1.71. The predicted molar refractivity (Wildman–Crippen MR) is 67.0 cm³/mol. The number of hydrogen-bond acceptors (Lipinski definition) is 2. The Labute approximate surface area is 101 Å². The molecule has 0 N–H and O–H groups in total. The van der Waals surface area contributed by atoms with Gasteiger partial charge in [0.25, 0.3) is 0 Å². The summed E-state index contributed by atoms with van der Waals surface area (Å²) in [7, 11) is 0. The number of aliphatic imine (C=N–C) groups is 1. The van der Waals surface area contributed by atoms with Gasteiger partial charge in [0.15, 0.2) is 0 Å². The summed E-state index contributed by atoms with van der Waals surface area (Å²) in [5.41, 5.74) is 1.32. The van der Waals surface area contributed by atoms with Crippen molar-refractivity contribution in [2.45, 2.75) is 26.2 Å². The zero-order chi connectivity index (χ0) is 12.3. The minimum atomic E-state index is -0.130. The third-order valence-corrected chi connectivity index (χ3v) is 3.14. The van der Waals surface area contributed by atoms with E-state index in [4.69, 9.17) is 0 Å². The predicted octanol–water partition coefficient (Wildman–Crippen LogP) is 1.84. The van der Waals surface area contributed by atoms with Crippen molar-refractivity contribution in [1.29, 1.82) is 0 Å². The summed E-state index contributed by atoms with van der Waals surface area (Å²) in [6, 6.07) is 4.12. The van der Waals surface area contributed by atoms with E-state index in [0.29, 0.717) is 5.92 Å². The number of likely N-dealkylation sites (tertiary alicyclic amines) is 1. The largest absolute Gasteiger partial charge is 0.360 e. The molecule has 0 bridgehead atoms. The lowest BCUT2D eigenvalue weighted by Crippen LogP contribution is -2.26. The first-order valence-corrected chi connectivity index (χ1v) is 5.87. The Morgan fingerprint density at radius 2 is 2.12 bits per heavy atom. The summed E-state index contributed by atoms with van der Waals surface area (Å²) in [5, 5.41) is 0. The topological polar surface area (TPSA) is 45.6 Å². The van der Waals surface area contributed by atoms with E-state index in [-0.39, 0.29) is 5.91 Å². The van der Waals surface area contributed by atoms with Crippen molar-refractivity contribution in [2.75, 3.05) is 13.1 Å². The first-order valence-electron chi connectivity index (χ1n) is 5.87. The Morgan fingerprint density at radius 1 is 1.41 bits per heavy atom. The number of amides is 1. The molecule has 1 aliphatic heterocycles. The maximum absolute atomic E-state index is 10.9. The van der Waals surface area contributed by atoms with Gasteiger partial charge in [-0.1, -0.05) is 0 Å². The Bertz CT molecular complexity index is 428. The summed E-state index contributed by atoms with van der Waals surface area (Å²) in [4.78, 5) is 21.1. The summed E-state index contributed by atoms with van der Waals surface area (Å²) >= 11 is 0. The van der Waals surface area contributed by atoms with E-state index in [2.05, 4.69) is 27.0 Å². The van der Waals surface area contributed by atoms with Gasteiger partial charge in [0.2, 0.25) is 5.91 Å². The average molecular weight is 231 g/mol. The molecule has 1 saturated heterocycles. The first-order chi connectivity index (χ1) is 8.16. The molecule has 2 heterocycles. The van der Waals surface area contributed by atoms with E-state index < -0.39 is 0 Å². The van der Waals surface area contributed by atoms with Crippen LogP contribution in [0.2, 0.25) is 0 Å². The average Bonchev–Trinajstić information content (AvgIpc) is 2.78. The molecule has 1 atom stereocenters. The van der Waals surface area contributed by atoms with Gasteiger partial charge in [-0.05, 0) is 31.0 Å². The second kappa shape index (κ2) is 5.08. The van der Waals surface area contributed by atoms with Crippen LogP contribution in [0.15, 0.2) is 29.5 Å². The minimum absolute atomic E-state index is 0.130. The number of rotatable bonds is 1. The molecule has 4 heteroatoms. The third kappa shape index (κ3) is 2.90. The number of pyridine rings is 1. The highest BCUT2D eigenvalue weighted by Gasteiger charge is 2.24. The van der Waals surface area contributed by atoms with Crippen LogP contribution in [0.25, 0.3) is 0 Å². The van der Waals surface area contributed by atoms with Crippen molar-refractivity contribution in [1.82, 2.24) is 9.88 Å². The van der Waals surface area contributed by atoms with Gasteiger partial charge < -0.3 is 4.90 Å². The molecule has 1 aliphatic rings. The number of carbonyl (C=O) groups excluding carboxylic acids is 1. The molecule has 0 aliphatic carbocycles. The van der Waals surface area contributed by atoms with Crippen molar-refractivity contribution < 1.29 is 4.79 Å². The van der Waals surface area contributed by atoms with Crippen molar-refractivity contribution in [3.05, 3.63) is 30.1 Å². The summed E-state index contributed by atoms with van der Waals surface area (Å²) in [5.74, 6) is 1.22. The van der Waals surface area contributed by atoms with Crippen LogP contribution in [-0.2, 0) is 4.79 Å². The van der Waals surface area contributed by atoms with Crippen LogP contribution in [0, 0.1) is 0 Å². The lowest BCUT2D eigenvalue weighted by molar-refractivity contribution is -0.115. The highest BCUT2D eigenvalue weighted by Crippen LogP contribution is 2.26. The van der Waals surface area contributed by atoms with Crippen molar-refractivity contribution in [2.24, 2.45) is 4.99 Å². The van der Waals surface area contributed by atoms with E-state index in [0.717, 1.165) is 25.3 Å². The monoisotopic (exact) mass is 231 g/mol. The molecular weight excluding hydrogens is 214 g/mol. The normalized spacial score (nSPS) is 20.7. The lowest BCUT2D eigenvalue weighted by atomic mass is 10.00. The molecule has 1 fully saturated rings. The fraction of sp³-hybridized carbons (Fsp3) is 0.462. The molecule has 1 unspecified atom stereocenters. The SMILES string of the molecule is CC(=O)N=C(C)N1CCC(c2ccncc2)C1. The van der Waals surface area contributed by atoms with Gasteiger partial charge in [-0.3, -0.25) is 9.78 Å². The Morgan fingerprint density at radius 3 is 2.76 bits per heavy atom. The highest BCUT2D eigenvalue weighted by atomic mass is 16.1.